The Morgan fingerprint density at radius 1 is 1.05 bits per heavy atom. The van der Waals surface area contributed by atoms with Gasteiger partial charge in [-0.1, -0.05) is 12.2 Å². The molecule has 19 heavy (non-hydrogen) atoms. The number of carboxylic acid groups (broad SMARTS) is 1. The summed E-state index contributed by atoms with van der Waals surface area (Å²) in [6.07, 6.45) is 5.63. The van der Waals surface area contributed by atoms with Gasteiger partial charge in [-0.15, -0.1) is 0 Å². The minimum atomic E-state index is -0.854. The second-order valence-corrected chi connectivity index (χ2v) is 5.89. The number of aliphatic hydroxyl groups excluding tert-OH is 1. The fourth-order valence-electron chi connectivity index (χ4n) is 3.79. The Labute approximate surface area is 111 Å². The second kappa shape index (κ2) is 4.63. The zero-order chi connectivity index (χ0) is 13.6. The van der Waals surface area contributed by atoms with Gasteiger partial charge in [-0.3, -0.25) is 9.59 Å². The fraction of sp³-hybridized carbons (Fsp3) is 0.714. The molecule has 1 aliphatic heterocycles. The molecule has 2 fully saturated rings. The van der Waals surface area contributed by atoms with Gasteiger partial charge in [0.2, 0.25) is 5.91 Å². The molecule has 2 aliphatic carbocycles. The van der Waals surface area contributed by atoms with Crippen LogP contribution < -0.4 is 0 Å². The molecule has 104 valence electrons. The zero-order valence-corrected chi connectivity index (χ0v) is 10.7. The molecule has 1 heterocycles. The van der Waals surface area contributed by atoms with Crippen molar-refractivity contribution in [3.05, 3.63) is 12.2 Å². The lowest BCUT2D eigenvalue weighted by Crippen LogP contribution is -2.46. The molecule has 2 unspecified atom stereocenters. The van der Waals surface area contributed by atoms with Crippen LogP contribution in [0, 0.1) is 23.7 Å². The summed E-state index contributed by atoms with van der Waals surface area (Å²) < 4.78 is 0. The van der Waals surface area contributed by atoms with Gasteiger partial charge >= 0.3 is 5.97 Å². The number of piperidine rings is 1. The lowest BCUT2D eigenvalue weighted by Gasteiger charge is -2.34. The van der Waals surface area contributed by atoms with Crippen molar-refractivity contribution < 1.29 is 19.8 Å². The summed E-state index contributed by atoms with van der Waals surface area (Å²) >= 11 is 0. The van der Waals surface area contributed by atoms with Gasteiger partial charge in [0.25, 0.3) is 0 Å². The Balaban J connectivity index is 1.75. The van der Waals surface area contributed by atoms with Crippen molar-refractivity contribution in [2.45, 2.75) is 25.4 Å². The smallest absolute Gasteiger partial charge is 0.307 e. The second-order valence-electron chi connectivity index (χ2n) is 5.89. The first-order valence-corrected chi connectivity index (χ1v) is 6.96. The molecule has 1 amide bonds. The van der Waals surface area contributed by atoms with Crippen molar-refractivity contribution in [3.8, 4) is 0 Å². The molecule has 3 rings (SSSR count). The van der Waals surface area contributed by atoms with E-state index in [1.807, 2.05) is 12.2 Å². The fourth-order valence-corrected chi connectivity index (χ4v) is 3.79. The molecule has 0 aromatic carbocycles. The Morgan fingerprint density at radius 3 is 2.21 bits per heavy atom. The molecule has 2 bridgehead atoms. The number of rotatable bonds is 2. The van der Waals surface area contributed by atoms with E-state index in [9.17, 15) is 19.8 Å². The van der Waals surface area contributed by atoms with Crippen LogP contribution in [-0.4, -0.2) is 46.2 Å². The highest BCUT2D eigenvalue weighted by Crippen LogP contribution is 2.48. The number of hydrogen-bond donors (Lipinski definition) is 2. The van der Waals surface area contributed by atoms with Gasteiger partial charge in [-0.05, 0) is 31.1 Å². The van der Waals surface area contributed by atoms with Gasteiger partial charge in [0.1, 0.15) is 0 Å². The third-order valence-electron chi connectivity index (χ3n) is 4.81. The standard InChI is InChI=1S/C14H19NO4/c16-10-3-5-15(6-4-10)13(17)11-8-1-2-9(7-8)12(11)14(18)19/h1-2,8-12,16H,3-7H2,(H,18,19)/t8?,9?,11-,12+/m0/s1. The van der Waals surface area contributed by atoms with E-state index in [0.29, 0.717) is 25.9 Å². The van der Waals surface area contributed by atoms with Gasteiger partial charge in [0.05, 0.1) is 17.9 Å². The molecule has 2 N–H and O–H groups in total. The largest absolute Gasteiger partial charge is 0.481 e. The number of nitrogens with zero attached hydrogens (tertiary/aromatic N) is 1. The molecule has 5 nitrogen and oxygen atoms in total. The van der Waals surface area contributed by atoms with Crippen molar-refractivity contribution in [1.82, 2.24) is 4.90 Å². The SMILES string of the molecule is O=C(O)[C@@H]1C2C=CC(C2)[C@@H]1C(=O)N1CCC(O)CC1. The molecule has 0 aromatic rings. The molecule has 4 atom stereocenters. The third-order valence-corrected chi connectivity index (χ3v) is 4.81. The number of likely N-dealkylation sites (tertiary alicyclic amines) is 1. The minimum absolute atomic E-state index is 0.0202. The average molecular weight is 265 g/mol. The minimum Gasteiger partial charge on any atom is -0.481 e. The summed E-state index contributed by atoms with van der Waals surface area (Å²) in [6, 6.07) is 0. The molecule has 5 heteroatoms. The lowest BCUT2D eigenvalue weighted by atomic mass is 9.82. The van der Waals surface area contributed by atoms with Gasteiger partial charge < -0.3 is 15.1 Å². The maximum Gasteiger partial charge on any atom is 0.307 e. The zero-order valence-electron chi connectivity index (χ0n) is 10.7. The Bertz CT molecular complexity index is 425. The molecule has 0 spiro atoms. The van der Waals surface area contributed by atoms with Crippen molar-refractivity contribution in [3.63, 3.8) is 0 Å². The quantitative estimate of drug-likeness (QED) is 0.712. The number of amides is 1. The number of allylic oxidation sites excluding steroid dienone is 2. The Hall–Kier alpha value is -1.36. The number of carbonyl (C=O) groups is 2. The molecule has 0 radical (unpaired) electrons. The summed E-state index contributed by atoms with van der Waals surface area (Å²) in [5.74, 6) is -1.74. The number of fused-ring (bicyclic) bond motifs is 2. The van der Waals surface area contributed by atoms with Gasteiger partial charge in [0, 0.05) is 13.1 Å². The van der Waals surface area contributed by atoms with Crippen LogP contribution in [0.5, 0.6) is 0 Å². The van der Waals surface area contributed by atoms with Crippen LogP contribution in [-0.2, 0) is 9.59 Å². The van der Waals surface area contributed by atoms with E-state index in [0.717, 1.165) is 6.42 Å². The van der Waals surface area contributed by atoms with E-state index in [1.54, 1.807) is 4.90 Å². The molecule has 3 aliphatic rings. The summed E-state index contributed by atoms with van der Waals surface area (Å²) in [5.41, 5.74) is 0. The van der Waals surface area contributed by atoms with Crippen molar-refractivity contribution in [1.29, 1.82) is 0 Å². The molecule has 0 aromatic heterocycles. The number of aliphatic carboxylic acids is 1. The van der Waals surface area contributed by atoms with E-state index in [-0.39, 0.29) is 23.8 Å². The number of carbonyl (C=O) groups excluding carboxylic acids is 1. The predicted octanol–water partition coefficient (Wildman–Crippen LogP) is 0.493. The van der Waals surface area contributed by atoms with Gasteiger partial charge in [0.15, 0.2) is 0 Å². The van der Waals surface area contributed by atoms with Crippen LogP contribution in [0.25, 0.3) is 0 Å². The average Bonchev–Trinajstić information content (AvgIpc) is 2.98. The Kier molecular flexibility index (Phi) is 3.09. The van der Waals surface area contributed by atoms with Crippen LogP contribution in [0.4, 0.5) is 0 Å². The lowest BCUT2D eigenvalue weighted by molar-refractivity contribution is -0.151. The highest BCUT2D eigenvalue weighted by molar-refractivity contribution is 5.87. The highest BCUT2D eigenvalue weighted by atomic mass is 16.4. The number of carboxylic acids is 1. The summed E-state index contributed by atoms with van der Waals surface area (Å²) in [6.45, 7) is 1.09. The van der Waals surface area contributed by atoms with Crippen LogP contribution in [0.2, 0.25) is 0 Å². The van der Waals surface area contributed by atoms with E-state index < -0.39 is 17.8 Å². The van der Waals surface area contributed by atoms with Crippen LogP contribution in [0.1, 0.15) is 19.3 Å². The third kappa shape index (κ3) is 2.06. The molecule has 1 saturated heterocycles. The Morgan fingerprint density at radius 2 is 1.63 bits per heavy atom. The van der Waals surface area contributed by atoms with E-state index in [1.165, 1.54) is 0 Å². The first kappa shape index (κ1) is 12.7. The van der Waals surface area contributed by atoms with Gasteiger partial charge in [-0.2, -0.15) is 0 Å². The first-order valence-electron chi connectivity index (χ1n) is 6.96. The highest BCUT2D eigenvalue weighted by Gasteiger charge is 2.52. The van der Waals surface area contributed by atoms with Crippen molar-refractivity contribution in [2.24, 2.45) is 23.7 Å². The number of hydrogen-bond acceptors (Lipinski definition) is 3. The van der Waals surface area contributed by atoms with E-state index >= 15 is 0 Å². The monoisotopic (exact) mass is 265 g/mol. The van der Waals surface area contributed by atoms with Crippen molar-refractivity contribution >= 4 is 11.9 Å². The molecular formula is C14H19NO4. The van der Waals surface area contributed by atoms with E-state index in [4.69, 9.17) is 0 Å². The molecular weight excluding hydrogens is 246 g/mol. The maximum atomic E-state index is 12.6. The van der Waals surface area contributed by atoms with E-state index in [2.05, 4.69) is 0 Å². The van der Waals surface area contributed by atoms with Crippen LogP contribution in [0.3, 0.4) is 0 Å². The predicted molar refractivity (Wildman–Crippen MR) is 67.2 cm³/mol. The first-order chi connectivity index (χ1) is 9.08. The molecule has 1 saturated carbocycles. The van der Waals surface area contributed by atoms with Crippen LogP contribution in [0.15, 0.2) is 12.2 Å². The summed E-state index contributed by atoms with van der Waals surface area (Å²) in [7, 11) is 0. The summed E-state index contributed by atoms with van der Waals surface area (Å²) in [4.78, 5) is 25.7. The maximum absolute atomic E-state index is 12.6. The normalized spacial score (nSPS) is 37.8. The topological polar surface area (TPSA) is 77.8 Å². The van der Waals surface area contributed by atoms with Crippen LogP contribution >= 0.6 is 0 Å². The summed E-state index contributed by atoms with van der Waals surface area (Å²) in [5, 5.41) is 18.8. The van der Waals surface area contributed by atoms with Crippen molar-refractivity contribution in [2.75, 3.05) is 13.1 Å². The number of aliphatic hydroxyl groups is 1. The van der Waals surface area contributed by atoms with Gasteiger partial charge in [-0.25, -0.2) is 0 Å².